The van der Waals surface area contributed by atoms with E-state index in [-0.39, 0.29) is 0 Å². The number of hydrogen-bond acceptors (Lipinski definition) is 6. The predicted molar refractivity (Wildman–Crippen MR) is 141 cm³/mol. The summed E-state index contributed by atoms with van der Waals surface area (Å²) in [5.74, 6) is 0. The zero-order chi connectivity index (χ0) is 24.2. The van der Waals surface area contributed by atoms with Crippen LogP contribution in [-0.4, -0.2) is 58.0 Å². The van der Waals surface area contributed by atoms with E-state index in [0.717, 1.165) is 71.8 Å². The first-order valence-corrected chi connectivity index (χ1v) is 11.9. The maximum absolute atomic E-state index is 9.72. The van der Waals surface area contributed by atoms with E-state index < -0.39 is 0 Å². The third kappa shape index (κ3) is 5.09. The number of aryl methyl sites for hydroxylation is 1. The third-order valence-electron chi connectivity index (χ3n) is 6.64. The van der Waals surface area contributed by atoms with Crippen LogP contribution in [0.4, 0.5) is 11.4 Å². The molecule has 4 heterocycles. The van der Waals surface area contributed by atoms with Gasteiger partial charge in [0.25, 0.3) is 0 Å². The maximum Gasteiger partial charge on any atom is 0.103 e. The zero-order valence-corrected chi connectivity index (χ0v) is 20.1. The fourth-order valence-electron chi connectivity index (χ4n) is 4.45. The SMILES string of the molecule is Cc1c(Nc2c(C#N)cncc2C=Cc2ccc(CN3CCN(C)CC3)cn2)ccc2[nH]ccc12. The molecule has 1 aliphatic heterocycles. The van der Waals surface area contributed by atoms with E-state index in [0.29, 0.717) is 5.56 Å². The predicted octanol–water partition coefficient (Wildman–Crippen LogP) is 4.80. The van der Waals surface area contributed by atoms with E-state index in [4.69, 9.17) is 0 Å². The monoisotopic (exact) mass is 463 g/mol. The van der Waals surface area contributed by atoms with Crippen LogP contribution in [0, 0.1) is 18.3 Å². The molecule has 0 bridgehead atoms. The molecule has 0 aliphatic carbocycles. The lowest BCUT2D eigenvalue weighted by Gasteiger charge is -2.32. The summed E-state index contributed by atoms with van der Waals surface area (Å²) in [4.78, 5) is 17.0. The number of anilines is 2. The van der Waals surface area contributed by atoms with Crippen molar-refractivity contribution in [3.63, 3.8) is 0 Å². The second-order valence-corrected chi connectivity index (χ2v) is 9.07. The van der Waals surface area contributed by atoms with E-state index in [1.165, 1.54) is 5.56 Å². The van der Waals surface area contributed by atoms with Gasteiger partial charge in [-0.15, -0.1) is 0 Å². The standard InChI is InChI=1S/C28H29N7/c1-20-25-9-10-31-27(25)8-7-26(20)33-28-22(17-30-18-23(28)15-29)4-6-24-5-3-21(16-32-24)19-35-13-11-34(2)12-14-35/h3-10,16-18,31H,11-14,19H2,1-2H3,(H,30,33). The Morgan fingerprint density at radius 3 is 2.69 bits per heavy atom. The number of benzene rings is 1. The van der Waals surface area contributed by atoms with Gasteiger partial charge in [0, 0.05) is 79.7 Å². The molecule has 0 amide bonds. The molecule has 176 valence electrons. The largest absolute Gasteiger partial charge is 0.361 e. The van der Waals surface area contributed by atoms with Gasteiger partial charge in [0.05, 0.1) is 16.9 Å². The molecule has 0 radical (unpaired) electrons. The lowest BCUT2D eigenvalue weighted by molar-refractivity contribution is 0.148. The Hall–Kier alpha value is -3.99. The number of nitrogens with zero attached hydrogens (tertiary/aromatic N) is 5. The van der Waals surface area contributed by atoms with Crippen LogP contribution in [0.3, 0.4) is 0 Å². The second kappa shape index (κ2) is 10.1. The smallest absolute Gasteiger partial charge is 0.103 e. The molecule has 7 heteroatoms. The van der Waals surface area contributed by atoms with Gasteiger partial charge in [-0.2, -0.15) is 5.26 Å². The Labute approximate surface area is 205 Å². The number of fused-ring (bicyclic) bond motifs is 1. The van der Waals surface area contributed by atoms with E-state index in [1.807, 2.05) is 42.7 Å². The Bertz CT molecular complexity index is 1390. The number of piperazine rings is 1. The first-order chi connectivity index (χ1) is 17.1. The summed E-state index contributed by atoms with van der Waals surface area (Å²) in [6.07, 6.45) is 11.2. The van der Waals surface area contributed by atoms with E-state index in [1.54, 1.807) is 12.4 Å². The Morgan fingerprint density at radius 1 is 1.06 bits per heavy atom. The van der Waals surface area contributed by atoms with E-state index in [2.05, 4.69) is 62.2 Å². The minimum Gasteiger partial charge on any atom is -0.361 e. The summed E-state index contributed by atoms with van der Waals surface area (Å²) >= 11 is 0. The van der Waals surface area contributed by atoms with Crippen molar-refractivity contribution in [3.05, 3.63) is 83.1 Å². The van der Waals surface area contributed by atoms with Crippen molar-refractivity contribution in [2.45, 2.75) is 13.5 Å². The van der Waals surface area contributed by atoms with Crippen LogP contribution in [0.25, 0.3) is 23.1 Å². The van der Waals surface area contributed by atoms with Crippen molar-refractivity contribution in [1.82, 2.24) is 24.8 Å². The van der Waals surface area contributed by atoms with Gasteiger partial charge >= 0.3 is 0 Å². The van der Waals surface area contributed by atoms with Gasteiger partial charge in [-0.1, -0.05) is 6.07 Å². The molecule has 3 aromatic heterocycles. The fourth-order valence-corrected chi connectivity index (χ4v) is 4.45. The molecule has 1 fully saturated rings. The maximum atomic E-state index is 9.72. The van der Waals surface area contributed by atoms with Crippen molar-refractivity contribution < 1.29 is 0 Å². The minimum absolute atomic E-state index is 0.496. The van der Waals surface area contributed by atoms with Crippen molar-refractivity contribution in [2.24, 2.45) is 0 Å². The second-order valence-electron chi connectivity index (χ2n) is 9.07. The highest BCUT2D eigenvalue weighted by Crippen LogP contribution is 2.31. The van der Waals surface area contributed by atoms with Crippen LogP contribution < -0.4 is 5.32 Å². The van der Waals surface area contributed by atoms with Crippen molar-refractivity contribution >= 4 is 34.4 Å². The summed E-state index contributed by atoms with van der Waals surface area (Å²) < 4.78 is 0. The van der Waals surface area contributed by atoms with Gasteiger partial charge in [-0.05, 0) is 61.5 Å². The van der Waals surface area contributed by atoms with E-state index >= 15 is 0 Å². The first kappa shape index (κ1) is 22.8. The summed E-state index contributed by atoms with van der Waals surface area (Å²) in [5.41, 5.74) is 7.33. The van der Waals surface area contributed by atoms with Crippen LogP contribution >= 0.6 is 0 Å². The number of nitriles is 1. The number of hydrogen-bond donors (Lipinski definition) is 2. The molecule has 1 aliphatic rings. The van der Waals surface area contributed by atoms with Gasteiger partial charge in [0.15, 0.2) is 0 Å². The fraction of sp³-hybridized carbons (Fsp3) is 0.250. The number of aromatic nitrogens is 3. The molecule has 1 saturated heterocycles. The third-order valence-corrected chi connectivity index (χ3v) is 6.64. The van der Waals surface area contributed by atoms with Gasteiger partial charge in [0.2, 0.25) is 0 Å². The Kier molecular flexibility index (Phi) is 6.57. The average molecular weight is 464 g/mol. The van der Waals surface area contributed by atoms with Crippen LogP contribution in [0.2, 0.25) is 0 Å². The summed E-state index contributed by atoms with van der Waals surface area (Å²) in [6, 6.07) is 12.6. The van der Waals surface area contributed by atoms with Gasteiger partial charge in [-0.3, -0.25) is 14.9 Å². The number of aromatic amines is 1. The summed E-state index contributed by atoms with van der Waals surface area (Å²) in [5, 5.41) is 14.3. The lowest BCUT2D eigenvalue weighted by atomic mass is 10.1. The van der Waals surface area contributed by atoms with Gasteiger partial charge in [0.1, 0.15) is 6.07 Å². The van der Waals surface area contributed by atoms with Crippen LogP contribution in [0.1, 0.15) is 27.9 Å². The molecule has 0 saturated carbocycles. The van der Waals surface area contributed by atoms with Crippen molar-refractivity contribution in [2.75, 3.05) is 38.5 Å². The highest BCUT2D eigenvalue weighted by molar-refractivity contribution is 5.90. The normalized spacial score (nSPS) is 15.0. The Morgan fingerprint density at radius 2 is 1.91 bits per heavy atom. The number of H-pyrrole nitrogens is 1. The van der Waals surface area contributed by atoms with Crippen molar-refractivity contribution in [1.29, 1.82) is 5.26 Å². The number of likely N-dealkylation sites (N-methyl/N-ethyl adjacent to an activating group) is 1. The van der Waals surface area contributed by atoms with Gasteiger partial charge in [-0.25, -0.2) is 0 Å². The Balaban J connectivity index is 1.35. The molecular weight excluding hydrogens is 434 g/mol. The molecule has 0 spiro atoms. The highest BCUT2D eigenvalue weighted by atomic mass is 15.2. The van der Waals surface area contributed by atoms with Gasteiger partial charge < -0.3 is 15.2 Å². The molecular formula is C28H29N7. The van der Waals surface area contributed by atoms with Crippen LogP contribution in [0.15, 0.2) is 55.1 Å². The lowest BCUT2D eigenvalue weighted by Crippen LogP contribution is -2.43. The minimum atomic E-state index is 0.496. The quantitative estimate of drug-likeness (QED) is 0.427. The van der Waals surface area contributed by atoms with Crippen molar-refractivity contribution in [3.8, 4) is 6.07 Å². The summed E-state index contributed by atoms with van der Waals surface area (Å²) in [7, 11) is 2.17. The van der Waals surface area contributed by atoms with Crippen LogP contribution in [-0.2, 0) is 6.54 Å². The number of pyridine rings is 2. The molecule has 35 heavy (non-hydrogen) atoms. The number of rotatable bonds is 6. The van der Waals surface area contributed by atoms with E-state index in [9.17, 15) is 5.26 Å². The highest BCUT2D eigenvalue weighted by Gasteiger charge is 2.14. The average Bonchev–Trinajstić information content (AvgIpc) is 3.37. The first-order valence-electron chi connectivity index (χ1n) is 11.9. The molecule has 0 unspecified atom stereocenters. The summed E-state index contributed by atoms with van der Waals surface area (Å²) in [6.45, 7) is 7.41. The molecule has 7 nitrogen and oxygen atoms in total. The van der Waals surface area contributed by atoms with Crippen LogP contribution in [0.5, 0.6) is 0 Å². The molecule has 4 aromatic rings. The molecule has 5 rings (SSSR count). The number of nitrogens with one attached hydrogen (secondary N) is 2. The molecule has 1 aromatic carbocycles. The molecule has 2 N–H and O–H groups in total. The topological polar surface area (TPSA) is 83.9 Å². The molecule has 0 atom stereocenters. The zero-order valence-electron chi connectivity index (χ0n) is 20.1.